The summed E-state index contributed by atoms with van der Waals surface area (Å²) >= 11 is 0. The van der Waals surface area contributed by atoms with E-state index >= 15 is 0 Å². The molecule has 1 heterocycles. The summed E-state index contributed by atoms with van der Waals surface area (Å²) in [5, 5.41) is 0. The molecule has 3 aromatic rings. The van der Waals surface area contributed by atoms with Gasteiger partial charge >= 0.3 is 17.9 Å². The van der Waals surface area contributed by atoms with Gasteiger partial charge in [0, 0.05) is 0 Å². The molecule has 0 fully saturated rings. The van der Waals surface area contributed by atoms with Crippen LogP contribution in [0, 0.1) is 0 Å². The van der Waals surface area contributed by atoms with Gasteiger partial charge in [-0.05, 0) is 53.6 Å². The van der Waals surface area contributed by atoms with Crippen LogP contribution >= 0.6 is 0 Å². The first-order valence-corrected chi connectivity index (χ1v) is 12.6. The number of fused-ring (bicyclic) bond motifs is 3. The van der Waals surface area contributed by atoms with Gasteiger partial charge in [-0.3, -0.25) is 0 Å². The Hall–Kier alpha value is -4.23. The third-order valence-electron chi connectivity index (χ3n) is 6.98. The number of esters is 3. The van der Waals surface area contributed by atoms with Crippen LogP contribution in [0.3, 0.4) is 0 Å². The lowest BCUT2D eigenvalue weighted by Gasteiger charge is -2.30. The maximum atomic E-state index is 13.6. The molecule has 38 heavy (non-hydrogen) atoms. The summed E-state index contributed by atoms with van der Waals surface area (Å²) in [6.45, 7) is 3.43. The van der Waals surface area contributed by atoms with E-state index in [4.69, 9.17) is 18.9 Å². The molecule has 0 aromatic heterocycles. The van der Waals surface area contributed by atoms with Crippen LogP contribution in [-0.2, 0) is 45.4 Å². The SMILES string of the molecule is CCOC(=O)C1=C(C(=O)OCC)[C@@](C(=O)OC)(c2ccccc2)O[C@H]1c1cccc2c1Cc1ccccc1-2. The van der Waals surface area contributed by atoms with Crippen molar-refractivity contribution >= 4 is 17.9 Å². The summed E-state index contributed by atoms with van der Waals surface area (Å²) < 4.78 is 22.6. The summed E-state index contributed by atoms with van der Waals surface area (Å²) in [5.74, 6) is -2.44. The van der Waals surface area contributed by atoms with Gasteiger partial charge in [0.15, 0.2) is 0 Å². The Morgan fingerprint density at radius 3 is 2.21 bits per heavy atom. The Morgan fingerprint density at radius 1 is 0.842 bits per heavy atom. The Morgan fingerprint density at radius 2 is 1.50 bits per heavy atom. The average molecular weight is 513 g/mol. The van der Waals surface area contributed by atoms with Crippen molar-refractivity contribution < 1.29 is 33.3 Å². The van der Waals surface area contributed by atoms with Crippen molar-refractivity contribution in [3.05, 3.63) is 106 Å². The Labute approximate surface area is 221 Å². The number of hydrogen-bond donors (Lipinski definition) is 0. The lowest BCUT2D eigenvalue weighted by atomic mass is 9.83. The van der Waals surface area contributed by atoms with Crippen LogP contribution in [0.15, 0.2) is 83.9 Å². The van der Waals surface area contributed by atoms with E-state index in [-0.39, 0.29) is 24.4 Å². The molecule has 2 atom stereocenters. The van der Waals surface area contributed by atoms with E-state index in [1.165, 1.54) is 7.11 Å². The van der Waals surface area contributed by atoms with Gasteiger partial charge in [0.2, 0.25) is 5.60 Å². The molecule has 0 radical (unpaired) electrons. The van der Waals surface area contributed by atoms with Gasteiger partial charge in [-0.1, -0.05) is 72.8 Å². The summed E-state index contributed by atoms with van der Waals surface area (Å²) in [6.07, 6.45) is -0.472. The normalized spacial score (nSPS) is 19.5. The minimum atomic E-state index is -2.04. The van der Waals surface area contributed by atoms with Crippen LogP contribution in [0.25, 0.3) is 11.1 Å². The van der Waals surface area contributed by atoms with Crippen molar-refractivity contribution in [1.29, 1.82) is 0 Å². The molecule has 0 saturated carbocycles. The van der Waals surface area contributed by atoms with Crippen LogP contribution in [0.1, 0.15) is 42.2 Å². The molecule has 0 spiro atoms. The molecule has 1 aliphatic heterocycles. The number of benzene rings is 3. The van der Waals surface area contributed by atoms with Crippen molar-refractivity contribution in [3.63, 3.8) is 0 Å². The van der Waals surface area contributed by atoms with E-state index in [2.05, 4.69) is 12.1 Å². The monoisotopic (exact) mass is 512 g/mol. The number of ether oxygens (including phenoxy) is 4. The predicted molar refractivity (Wildman–Crippen MR) is 139 cm³/mol. The quantitative estimate of drug-likeness (QED) is 0.259. The molecule has 3 aromatic carbocycles. The summed E-state index contributed by atoms with van der Waals surface area (Å²) in [5.41, 5.74) is 2.89. The first-order chi connectivity index (χ1) is 18.5. The molecule has 0 unspecified atom stereocenters. The van der Waals surface area contributed by atoms with Gasteiger partial charge < -0.3 is 18.9 Å². The van der Waals surface area contributed by atoms with Gasteiger partial charge in [0.25, 0.3) is 0 Å². The maximum Gasteiger partial charge on any atom is 0.347 e. The molecular formula is C31H28O7. The minimum absolute atomic E-state index is 0.0329. The minimum Gasteiger partial charge on any atom is -0.466 e. The average Bonchev–Trinajstić information content (AvgIpc) is 3.51. The molecule has 7 nitrogen and oxygen atoms in total. The number of methoxy groups -OCH3 is 1. The summed E-state index contributed by atoms with van der Waals surface area (Å²) in [6, 6.07) is 22.4. The molecule has 5 rings (SSSR count). The molecule has 7 heteroatoms. The molecule has 0 bridgehead atoms. The topological polar surface area (TPSA) is 88.1 Å². The fourth-order valence-electron chi connectivity index (χ4n) is 5.43. The highest BCUT2D eigenvalue weighted by molar-refractivity contribution is 6.09. The molecule has 1 aliphatic carbocycles. The smallest absolute Gasteiger partial charge is 0.347 e. The van der Waals surface area contributed by atoms with Gasteiger partial charge in [-0.15, -0.1) is 0 Å². The molecule has 2 aliphatic rings. The van der Waals surface area contributed by atoms with E-state index < -0.39 is 29.6 Å². The molecule has 0 saturated heterocycles. The second-order valence-corrected chi connectivity index (χ2v) is 8.97. The third-order valence-corrected chi connectivity index (χ3v) is 6.98. The zero-order valence-electron chi connectivity index (χ0n) is 21.5. The third kappa shape index (κ3) is 3.90. The number of rotatable bonds is 7. The number of hydrogen-bond acceptors (Lipinski definition) is 7. The molecular weight excluding hydrogens is 484 g/mol. The first-order valence-electron chi connectivity index (χ1n) is 12.6. The summed E-state index contributed by atoms with van der Waals surface area (Å²) in [7, 11) is 1.22. The molecule has 0 amide bonds. The Kier molecular flexibility index (Phi) is 6.87. The lowest BCUT2D eigenvalue weighted by molar-refractivity contribution is -0.170. The number of carbonyl (C=O) groups excluding carboxylic acids is 3. The van der Waals surface area contributed by atoms with Gasteiger partial charge in [0.1, 0.15) is 6.10 Å². The maximum absolute atomic E-state index is 13.6. The van der Waals surface area contributed by atoms with E-state index in [1.54, 1.807) is 44.2 Å². The van der Waals surface area contributed by atoms with Crippen molar-refractivity contribution in [2.45, 2.75) is 32.0 Å². The zero-order chi connectivity index (χ0) is 26.9. The fraction of sp³-hybridized carbons (Fsp3) is 0.258. The highest BCUT2D eigenvalue weighted by Crippen LogP contribution is 2.53. The highest BCUT2D eigenvalue weighted by atomic mass is 16.6. The van der Waals surface area contributed by atoms with E-state index in [1.807, 2.05) is 30.3 Å². The fourth-order valence-corrected chi connectivity index (χ4v) is 5.43. The second kappa shape index (κ2) is 10.3. The highest BCUT2D eigenvalue weighted by Gasteiger charge is 2.60. The molecule has 0 N–H and O–H groups in total. The van der Waals surface area contributed by atoms with Crippen LogP contribution < -0.4 is 0 Å². The van der Waals surface area contributed by atoms with Crippen LogP contribution in [0.4, 0.5) is 0 Å². The van der Waals surface area contributed by atoms with Crippen LogP contribution in [0.5, 0.6) is 0 Å². The standard InChI is InChI=1S/C31H28O7/c1-4-36-28(32)25-26(29(33)37-5-2)31(30(34)35-3,20-13-7-6-8-14-20)38-27(25)23-17-11-16-22-21-15-10-9-12-19(21)18-24(22)23/h6-17,27H,4-5,18H2,1-3H3/t27-,31+/m0/s1. The van der Waals surface area contributed by atoms with Crippen LogP contribution in [0.2, 0.25) is 0 Å². The van der Waals surface area contributed by atoms with E-state index in [0.717, 1.165) is 22.3 Å². The predicted octanol–water partition coefficient (Wildman–Crippen LogP) is 4.82. The Bertz CT molecular complexity index is 1440. The Balaban J connectivity index is 1.80. The van der Waals surface area contributed by atoms with Crippen molar-refractivity contribution in [2.24, 2.45) is 0 Å². The number of carbonyl (C=O) groups is 3. The summed E-state index contributed by atoms with van der Waals surface area (Å²) in [4.78, 5) is 40.8. The van der Waals surface area contributed by atoms with Crippen LogP contribution in [-0.4, -0.2) is 38.2 Å². The van der Waals surface area contributed by atoms with Gasteiger partial charge in [-0.2, -0.15) is 0 Å². The second-order valence-electron chi connectivity index (χ2n) is 8.97. The van der Waals surface area contributed by atoms with Crippen molar-refractivity contribution in [2.75, 3.05) is 20.3 Å². The first kappa shape index (κ1) is 25.4. The lowest BCUT2D eigenvalue weighted by Crippen LogP contribution is -2.42. The van der Waals surface area contributed by atoms with E-state index in [0.29, 0.717) is 17.5 Å². The van der Waals surface area contributed by atoms with Gasteiger partial charge in [0.05, 0.1) is 31.5 Å². The van der Waals surface area contributed by atoms with E-state index in [9.17, 15) is 14.4 Å². The largest absolute Gasteiger partial charge is 0.466 e. The van der Waals surface area contributed by atoms with Crippen molar-refractivity contribution in [1.82, 2.24) is 0 Å². The van der Waals surface area contributed by atoms with Crippen molar-refractivity contribution in [3.8, 4) is 11.1 Å². The molecule has 194 valence electrons. The zero-order valence-corrected chi connectivity index (χ0v) is 21.5. The van der Waals surface area contributed by atoms with Gasteiger partial charge in [-0.25, -0.2) is 14.4 Å².